The Morgan fingerprint density at radius 2 is 1.77 bits per heavy atom. The van der Waals surface area contributed by atoms with Gasteiger partial charge >= 0.3 is 0 Å². The molecule has 6 nitrogen and oxygen atoms in total. The number of hydrogen-bond donors (Lipinski definition) is 3. The molecule has 0 bridgehead atoms. The minimum absolute atomic E-state index is 0.181. The standard InChI is InChI=1S/C19H23F2NO2.C2H4.CH3NO2/c1-13(18(20)21)14(2)22-19(23)17-7-5-15(6-8-17)3-4-16-9-11-24-12-10-16;1-2;3-1-2-4/h5-8,13-14,16,18H,9-12H2,1-2H3,(H,22,23);1-2H2;1,4H,(H,2,3). The molecule has 166 valence electrons. The summed E-state index contributed by atoms with van der Waals surface area (Å²) in [6, 6.07) is 6.31. The van der Waals surface area contributed by atoms with Gasteiger partial charge in [0.2, 0.25) is 12.8 Å². The molecule has 2 rings (SSSR count). The second-order valence-corrected chi connectivity index (χ2v) is 6.44. The van der Waals surface area contributed by atoms with Crippen LogP contribution >= 0.6 is 0 Å². The topological polar surface area (TPSA) is 87.7 Å². The van der Waals surface area contributed by atoms with Crippen LogP contribution in [0.25, 0.3) is 0 Å². The van der Waals surface area contributed by atoms with E-state index in [1.54, 1.807) is 31.2 Å². The zero-order valence-corrected chi connectivity index (χ0v) is 17.4. The van der Waals surface area contributed by atoms with Crippen LogP contribution in [0.1, 0.15) is 42.6 Å². The van der Waals surface area contributed by atoms with Gasteiger partial charge in [-0.1, -0.05) is 18.8 Å². The lowest BCUT2D eigenvalue weighted by Gasteiger charge is -2.20. The molecule has 0 radical (unpaired) electrons. The number of carbonyl (C=O) groups is 2. The molecule has 8 heteroatoms. The van der Waals surface area contributed by atoms with E-state index in [2.05, 4.69) is 30.3 Å². The summed E-state index contributed by atoms with van der Waals surface area (Å²) in [6.07, 6.45) is -0.371. The summed E-state index contributed by atoms with van der Waals surface area (Å²) in [5.74, 6) is 5.47. The Morgan fingerprint density at radius 3 is 2.23 bits per heavy atom. The van der Waals surface area contributed by atoms with Crippen molar-refractivity contribution in [1.29, 1.82) is 0 Å². The Balaban J connectivity index is 0.00000125. The lowest BCUT2D eigenvalue weighted by molar-refractivity contribution is -0.116. The van der Waals surface area contributed by atoms with E-state index in [0.29, 0.717) is 11.5 Å². The number of benzene rings is 1. The first-order valence-corrected chi connectivity index (χ1v) is 9.50. The molecule has 0 saturated carbocycles. The van der Waals surface area contributed by atoms with Gasteiger partial charge in [-0.25, -0.2) is 14.3 Å². The third kappa shape index (κ3) is 10.7. The number of halogens is 2. The van der Waals surface area contributed by atoms with E-state index in [1.807, 2.05) is 0 Å². The fourth-order valence-electron chi connectivity index (χ4n) is 2.37. The van der Waals surface area contributed by atoms with Crippen molar-refractivity contribution >= 4 is 12.3 Å². The normalized spacial score (nSPS) is 15.0. The highest BCUT2D eigenvalue weighted by atomic mass is 19.3. The summed E-state index contributed by atoms with van der Waals surface area (Å²) in [7, 11) is 0. The molecule has 1 aromatic rings. The van der Waals surface area contributed by atoms with Crippen molar-refractivity contribution in [1.82, 2.24) is 10.8 Å². The molecule has 2 atom stereocenters. The molecular formula is C22H30F2N2O4. The Morgan fingerprint density at radius 1 is 1.23 bits per heavy atom. The van der Waals surface area contributed by atoms with Gasteiger partial charge in [0.25, 0.3) is 5.91 Å². The monoisotopic (exact) mass is 424 g/mol. The Kier molecular flexibility index (Phi) is 14.6. The van der Waals surface area contributed by atoms with Crippen LogP contribution in [0.15, 0.2) is 37.4 Å². The second kappa shape index (κ2) is 16.1. The van der Waals surface area contributed by atoms with Crippen LogP contribution < -0.4 is 10.8 Å². The lowest BCUT2D eigenvalue weighted by Crippen LogP contribution is -2.39. The first-order chi connectivity index (χ1) is 14.4. The first kappa shape index (κ1) is 27.2. The van der Waals surface area contributed by atoms with Crippen molar-refractivity contribution in [2.45, 2.75) is 39.2 Å². The van der Waals surface area contributed by atoms with Crippen LogP contribution in [-0.4, -0.2) is 43.2 Å². The molecule has 0 aliphatic carbocycles. The van der Waals surface area contributed by atoms with Crippen LogP contribution in [0.4, 0.5) is 8.78 Å². The number of amides is 2. The molecule has 0 aromatic heterocycles. The van der Waals surface area contributed by atoms with Crippen molar-refractivity contribution in [2.75, 3.05) is 13.2 Å². The highest BCUT2D eigenvalue weighted by molar-refractivity contribution is 5.94. The zero-order valence-electron chi connectivity index (χ0n) is 17.4. The average molecular weight is 424 g/mol. The van der Waals surface area contributed by atoms with Gasteiger partial charge in [0.1, 0.15) is 0 Å². The predicted molar refractivity (Wildman–Crippen MR) is 111 cm³/mol. The number of carbonyl (C=O) groups excluding carboxylic acids is 2. The van der Waals surface area contributed by atoms with Crippen molar-refractivity contribution in [2.24, 2.45) is 11.8 Å². The highest BCUT2D eigenvalue weighted by Gasteiger charge is 2.23. The highest BCUT2D eigenvalue weighted by Crippen LogP contribution is 2.15. The number of hydroxylamine groups is 1. The molecule has 1 aliphatic rings. The summed E-state index contributed by atoms with van der Waals surface area (Å²) >= 11 is 0. The molecule has 30 heavy (non-hydrogen) atoms. The third-order valence-electron chi connectivity index (χ3n) is 4.39. The van der Waals surface area contributed by atoms with Gasteiger partial charge in [0.05, 0.1) is 0 Å². The fraction of sp³-hybridized carbons (Fsp3) is 0.455. The molecule has 0 spiro atoms. The van der Waals surface area contributed by atoms with Crippen molar-refractivity contribution < 1.29 is 28.3 Å². The minimum Gasteiger partial charge on any atom is -0.381 e. The second-order valence-electron chi connectivity index (χ2n) is 6.44. The molecule has 1 saturated heterocycles. The van der Waals surface area contributed by atoms with Crippen molar-refractivity contribution in [3.63, 3.8) is 0 Å². The summed E-state index contributed by atoms with van der Waals surface area (Å²) in [4.78, 5) is 20.9. The number of hydrogen-bond acceptors (Lipinski definition) is 4. The molecular weight excluding hydrogens is 394 g/mol. The fourth-order valence-corrected chi connectivity index (χ4v) is 2.37. The predicted octanol–water partition coefficient (Wildman–Crippen LogP) is 3.41. The van der Waals surface area contributed by atoms with Gasteiger partial charge in [0.15, 0.2) is 0 Å². The van der Waals surface area contributed by atoms with Crippen LogP contribution in [-0.2, 0) is 9.53 Å². The summed E-state index contributed by atoms with van der Waals surface area (Å²) in [6.45, 7) is 10.5. The average Bonchev–Trinajstić information content (AvgIpc) is 2.79. The maximum absolute atomic E-state index is 12.6. The van der Waals surface area contributed by atoms with Gasteiger partial charge in [-0.05, 0) is 44.0 Å². The molecule has 1 aromatic carbocycles. The van der Waals surface area contributed by atoms with Gasteiger partial charge in [-0.2, -0.15) is 0 Å². The number of ether oxygens (including phenoxy) is 1. The Bertz CT molecular complexity index is 681. The van der Waals surface area contributed by atoms with Gasteiger partial charge in [0, 0.05) is 42.2 Å². The van der Waals surface area contributed by atoms with Gasteiger partial charge in [-0.15, -0.1) is 13.2 Å². The van der Waals surface area contributed by atoms with E-state index < -0.39 is 18.4 Å². The number of rotatable bonds is 5. The van der Waals surface area contributed by atoms with Crippen LogP contribution in [0.2, 0.25) is 0 Å². The maximum Gasteiger partial charge on any atom is 0.251 e. The third-order valence-corrected chi connectivity index (χ3v) is 4.39. The summed E-state index contributed by atoms with van der Waals surface area (Å²) in [5, 5.41) is 9.87. The maximum atomic E-state index is 12.6. The smallest absolute Gasteiger partial charge is 0.251 e. The largest absolute Gasteiger partial charge is 0.381 e. The van der Waals surface area contributed by atoms with Crippen molar-refractivity contribution in [3.05, 3.63) is 48.6 Å². The Hall–Kier alpha value is -2.76. The number of alkyl halides is 2. The lowest BCUT2D eigenvalue weighted by atomic mass is 10.0. The van der Waals surface area contributed by atoms with E-state index in [4.69, 9.17) is 14.7 Å². The summed E-state index contributed by atoms with van der Waals surface area (Å²) < 4.78 is 30.6. The zero-order chi connectivity index (χ0) is 22.9. The van der Waals surface area contributed by atoms with Crippen LogP contribution in [0.5, 0.6) is 0 Å². The molecule has 1 fully saturated rings. The quantitative estimate of drug-likeness (QED) is 0.222. The molecule has 2 unspecified atom stereocenters. The van der Waals surface area contributed by atoms with Crippen molar-refractivity contribution in [3.8, 4) is 11.8 Å². The molecule has 3 N–H and O–H groups in total. The Labute approximate surface area is 176 Å². The van der Waals surface area contributed by atoms with E-state index in [-0.39, 0.29) is 12.3 Å². The van der Waals surface area contributed by atoms with Gasteiger partial charge in [-0.3, -0.25) is 14.8 Å². The molecule has 2 amide bonds. The molecule has 1 aliphatic heterocycles. The van der Waals surface area contributed by atoms with E-state index in [1.165, 1.54) is 12.4 Å². The van der Waals surface area contributed by atoms with E-state index in [0.717, 1.165) is 31.6 Å². The van der Waals surface area contributed by atoms with Gasteiger partial charge < -0.3 is 10.1 Å². The van der Waals surface area contributed by atoms with E-state index >= 15 is 0 Å². The summed E-state index contributed by atoms with van der Waals surface area (Å²) in [5.41, 5.74) is 2.53. The first-order valence-electron chi connectivity index (χ1n) is 9.50. The van der Waals surface area contributed by atoms with E-state index in [9.17, 15) is 13.6 Å². The molecule has 1 heterocycles. The van der Waals surface area contributed by atoms with Crippen LogP contribution in [0.3, 0.4) is 0 Å². The SMILES string of the molecule is C=C.CC(NC(=O)c1ccc(C#CC2CCOCC2)cc1)C(C)C(F)F.O=CNO. The van der Waals surface area contributed by atoms with Crippen LogP contribution in [0, 0.1) is 23.7 Å². The minimum atomic E-state index is -2.46. The number of nitrogens with one attached hydrogen (secondary N) is 2.